The smallest absolute Gasteiger partial charge is 0.150 e. The summed E-state index contributed by atoms with van der Waals surface area (Å²) in [6.45, 7) is 4.15. The molecule has 0 N–H and O–H groups in total. The molecule has 3 rings (SSSR count). The molecule has 2 heteroatoms. The van der Waals surface area contributed by atoms with E-state index in [0.29, 0.717) is 5.78 Å². The average molecular weight is 296 g/mol. The molecule has 0 saturated heterocycles. The number of rotatable bonds is 4. The first kappa shape index (κ1) is 14.4. The van der Waals surface area contributed by atoms with Crippen molar-refractivity contribution in [2.75, 3.05) is 5.75 Å². The third-order valence-electron chi connectivity index (χ3n) is 4.57. The highest BCUT2D eigenvalue weighted by Crippen LogP contribution is 2.45. The Morgan fingerprint density at radius 2 is 1.71 bits per heavy atom. The van der Waals surface area contributed by atoms with Crippen molar-refractivity contribution in [3.63, 3.8) is 0 Å². The van der Waals surface area contributed by atoms with Gasteiger partial charge in [0.15, 0.2) is 0 Å². The molecule has 0 radical (unpaired) electrons. The topological polar surface area (TPSA) is 17.1 Å². The first-order valence-electron chi connectivity index (χ1n) is 7.44. The second kappa shape index (κ2) is 5.69. The van der Waals surface area contributed by atoms with E-state index >= 15 is 0 Å². The number of hydrogen-bond donors (Lipinski definition) is 0. The lowest BCUT2D eigenvalue weighted by molar-refractivity contribution is -0.124. The van der Waals surface area contributed by atoms with Gasteiger partial charge in [-0.05, 0) is 42.4 Å². The Kier molecular flexibility index (Phi) is 3.90. The summed E-state index contributed by atoms with van der Waals surface area (Å²) in [5.74, 6) is 1.37. The Morgan fingerprint density at radius 1 is 1.05 bits per heavy atom. The van der Waals surface area contributed by atoms with Crippen molar-refractivity contribution in [2.45, 2.75) is 36.5 Å². The third-order valence-corrected chi connectivity index (χ3v) is 5.59. The summed E-state index contributed by atoms with van der Waals surface area (Å²) in [7, 11) is 0. The summed E-state index contributed by atoms with van der Waals surface area (Å²) in [5, 5.41) is 0. The highest BCUT2D eigenvalue weighted by molar-refractivity contribution is 7.99. The van der Waals surface area contributed by atoms with Gasteiger partial charge in [-0.15, -0.1) is 11.8 Å². The Bertz CT molecular complexity index is 650. The maximum Gasteiger partial charge on any atom is 0.150 e. The first-order chi connectivity index (χ1) is 10.1. The molecule has 0 saturated carbocycles. The zero-order valence-corrected chi connectivity index (χ0v) is 13.3. The fourth-order valence-electron chi connectivity index (χ4n) is 3.28. The van der Waals surface area contributed by atoms with E-state index in [1.165, 1.54) is 16.0 Å². The van der Waals surface area contributed by atoms with Gasteiger partial charge in [0, 0.05) is 10.8 Å². The maximum absolute atomic E-state index is 12.7. The third kappa shape index (κ3) is 2.53. The van der Waals surface area contributed by atoms with Gasteiger partial charge in [0.25, 0.3) is 0 Å². The second-order valence-corrected chi connectivity index (χ2v) is 7.09. The standard InChI is InChI=1S/C19H20OS/c1-14-16-10-6-7-11-17(16)19(2,18(14)20)12-13-21-15-8-4-3-5-9-15/h3-11,14H,12-13H2,1-2H3. The van der Waals surface area contributed by atoms with Crippen LogP contribution in [0.3, 0.4) is 0 Å². The van der Waals surface area contributed by atoms with Crippen LogP contribution in [0.25, 0.3) is 0 Å². The van der Waals surface area contributed by atoms with Gasteiger partial charge in [-0.2, -0.15) is 0 Å². The minimum Gasteiger partial charge on any atom is -0.298 e. The molecule has 0 fully saturated rings. The fraction of sp³-hybridized carbons (Fsp3) is 0.316. The molecule has 0 bridgehead atoms. The van der Waals surface area contributed by atoms with Crippen LogP contribution >= 0.6 is 11.8 Å². The molecule has 108 valence electrons. The molecule has 0 spiro atoms. The van der Waals surface area contributed by atoms with E-state index in [1.54, 1.807) is 0 Å². The molecule has 2 atom stereocenters. The maximum atomic E-state index is 12.7. The number of benzene rings is 2. The number of hydrogen-bond acceptors (Lipinski definition) is 2. The number of ketones is 1. The summed E-state index contributed by atoms with van der Waals surface area (Å²) in [4.78, 5) is 14.0. The molecule has 1 aliphatic carbocycles. The SMILES string of the molecule is CC1C(=O)C(C)(CCSc2ccccc2)c2ccccc21. The number of thioether (sulfide) groups is 1. The van der Waals surface area contributed by atoms with Gasteiger partial charge < -0.3 is 0 Å². The van der Waals surface area contributed by atoms with Gasteiger partial charge in [-0.25, -0.2) is 0 Å². The lowest BCUT2D eigenvalue weighted by atomic mass is 9.80. The van der Waals surface area contributed by atoms with E-state index < -0.39 is 0 Å². The van der Waals surface area contributed by atoms with E-state index in [2.05, 4.69) is 43.3 Å². The molecular weight excluding hydrogens is 276 g/mol. The van der Waals surface area contributed by atoms with Crippen molar-refractivity contribution in [1.29, 1.82) is 0 Å². The monoisotopic (exact) mass is 296 g/mol. The summed E-state index contributed by atoms with van der Waals surface area (Å²) < 4.78 is 0. The van der Waals surface area contributed by atoms with Crippen molar-refractivity contribution in [2.24, 2.45) is 0 Å². The van der Waals surface area contributed by atoms with Gasteiger partial charge in [0.2, 0.25) is 0 Å². The normalized spacial score (nSPS) is 24.1. The van der Waals surface area contributed by atoms with Crippen molar-refractivity contribution in [3.8, 4) is 0 Å². The lowest BCUT2D eigenvalue weighted by Gasteiger charge is -2.24. The molecule has 0 heterocycles. The van der Waals surface area contributed by atoms with Crippen LogP contribution in [0, 0.1) is 0 Å². The van der Waals surface area contributed by atoms with Crippen LogP contribution in [0.5, 0.6) is 0 Å². The van der Waals surface area contributed by atoms with Crippen LogP contribution in [-0.2, 0) is 10.2 Å². The molecular formula is C19H20OS. The Balaban J connectivity index is 1.76. The van der Waals surface area contributed by atoms with Crippen LogP contribution in [0.2, 0.25) is 0 Å². The van der Waals surface area contributed by atoms with Crippen molar-refractivity contribution in [1.82, 2.24) is 0 Å². The molecule has 1 nitrogen and oxygen atoms in total. The molecule has 2 aromatic carbocycles. The average Bonchev–Trinajstić information content (AvgIpc) is 2.71. The van der Waals surface area contributed by atoms with Crippen molar-refractivity contribution < 1.29 is 4.79 Å². The molecule has 0 amide bonds. The summed E-state index contributed by atoms with van der Waals surface area (Å²) in [6.07, 6.45) is 0.896. The number of fused-ring (bicyclic) bond motifs is 1. The molecule has 2 unspecified atom stereocenters. The lowest BCUT2D eigenvalue weighted by Crippen LogP contribution is -2.30. The zero-order valence-electron chi connectivity index (χ0n) is 12.5. The zero-order chi connectivity index (χ0) is 14.9. The van der Waals surface area contributed by atoms with Gasteiger partial charge >= 0.3 is 0 Å². The number of carbonyl (C=O) groups excluding carboxylic acids is 1. The number of carbonyl (C=O) groups is 1. The molecule has 0 aromatic heterocycles. The summed E-state index contributed by atoms with van der Waals surface area (Å²) >= 11 is 1.83. The Labute approximate surface area is 130 Å². The largest absolute Gasteiger partial charge is 0.298 e. The van der Waals surface area contributed by atoms with Gasteiger partial charge in [0.05, 0.1) is 5.41 Å². The summed E-state index contributed by atoms with van der Waals surface area (Å²) in [6, 6.07) is 18.7. The summed E-state index contributed by atoms with van der Waals surface area (Å²) in [5.41, 5.74) is 2.13. The number of Topliss-reactive ketones (excluding diaryl/α,β-unsaturated/α-hetero) is 1. The predicted octanol–water partition coefficient (Wildman–Crippen LogP) is 4.81. The quantitative estimate of drug-likeness (QED) is 0.753. The van der Waals surface area contributed by atoms with Gasteiger partial charge in [0.1, 0.15) is 5.78 Å². The van der Waals surface area contributed by atoms with Crippen molar-refractivity contribution >= 4 is 17.5 Å². The van der Waals surface area contributed by atoms with Gasteiger partial charge in [-0.1, -0.05) is 49.4 Å². The van der Waals surface area contributed by atoms with Crippen LogP contribution in [0.4, 0.5) is 0 Å². The second-order valence-electron chi connectivity index (χ2n) is 5.92. The fourth-order valence-corrected chi connectivity index (χ4v) is 4.37. The van der Waals surface area contributed by atoms with E-state index in [-0.39, 0.29) is 11.3 Å². The molecule has 0 aliphatic heterocycles. The molecule has 1 aliphatic rings. The molecule has 21 heavy (non-hydrogen) atoms. The Morgan fingerprint density at radius 3 is 2.48 bits per heavy atom. The van der Waals surface area contributed by atoms with Crippen LogP contribution in [0.1, 0.15) is 37.3 Å². The van der Waals surface area contributed by atoms with E-state index in [9.17, 15) is 4.79 Å². The highest BCUT2D eigenvalue weighted by Gasteiger charge is 2.45. The minimum atomic E-state index is -0.322. The van der Waals surface area contributed by atoms with E-state index in [0.717, 1.165) is 12.2 Å². The van der Waals surface area contributed by atoms with Gasteiger partial charge in [-0.3, -0.25) is 4.79 Å². The Hall–Kier alpha value is -1.54. The van der Waals surface area contributed by atoms with Crippen LogP contribution < -0.4 is 0 Å². The van der Waals surface area contributed by atoms with Crippen molar-refractivity contribution in [3.05, 3.63) is 65.7 Å². The first-order valence-corrected chi connectivity index (χ1v) is 8.43. The van der Waals surface area contributed by atoms with Crippen LogP contribution in [-0.4, -0.2) is 11.5 Å². The van der Waals surface area contributed by atoms with Crippen LogP contribution in [0.15, 0.2) is 59.5 Å². The minimum absolute atomic E-state index is 0.0351. The molecule has 2 aromatic rings. The van der Waals surface area contributed by atoms with E-state index in [1.807, 2.05) is 36.9 Å². The highest BCUT2D eigenvalue weighted by atomic mass is 32.2. The predicted molar refractivity (Wildman–Crippen MR) is 89.0 cm³/mol. The van der Waals surface area contributed by atoms with E-state index in [4.69, 9.17) is 0 Å².